The van der Waals surface area contributed by atoms with Gasteiger partial charge in [-0.2, -0.15) is 0 Å². The van der Waals surface area contributed by atoms with Gasteiger partial charge in [-0.3, -0.25) is 4.90 Å². The summed E-state index contributed by atoms with van der Waals surface area (Å²) in [4.78, 5) is 8.07. The first-order valence-corrected chi connectivity index (χ1v) is 9.87. The van der Waals surface area contributed by atoms with E-state index < -0.39 is 0 Å². The van der Waals surface area contributed by atoms with E-state index >= 15 is 0 Å². The van der Waals surface area contributed by atoms with Crippen molar-refractivity contribution in [2.75, 3.05) is 13.1 Å². The molecule has 2 aromatic rings. The van der Waals surface area contributed by atoms with Crippen molar-refractivity contribution in [3.63, 3.8) is 0 Å². The molecule has 0 radical (unpaired) electrons. The minimum atomic E-state index is 0.146. The Hall–Kier alpha value is -1.75. The van der Waals surface area contributed by atoms with E-state index in [0.29, 0.717) is 22.7 Å². The van der Waals surface area contributed by atoms with Crippen LogP contribution >= 0.6 is 23.2 Å². The van der Waals surface area contributed by atoms with Crippen molar-refractivity contribution in [2.45, 2.75) is 39.0 Å². The van der Waals surface area contributed by atoms with Crippen LogP contribution in [0, 0.1) is 0 Å². The molecule has 0 aliphatic carbocycles. The van der Waals surface area contributed by atoms with Gasteiger partial charge in [0.2, 0.25) is 0 Å². The third-order valence-electron chi connectivity index (χ3n) is 4.61. The number of oxime groups is 1. The zero-order valence-corrected chi connectivity index (χ0v) is 17.1. The quantitative estimate of drug-likeness (QED) is 0.455. The van der Waals surface area contributed by atoms with Crippen LogP contribution in [0.25, 0.3) is 0 Å². The van der Waals surface area contributed by atoms with E-state index in [1.807, 2.05) is 36.4 Å². The highest BCUT2D eigenvalue weighted by Gasteiger charge is 2.25. The van der Waals surface area contributed by atoms with E-state index in [1.165, 1.54) is 0 Å². The van der Waals surface area contributed by atoms with Gasteiger partial charge in [-0.05, 0) is 43.7 Å². The summed E-state index contributed by atoms with van der Waals surface area (Å²) in [5.74, 6) is 0.742. The number of nitrogens with zero attached hydrogens (tertiary/aromatic N) is 2. The zero-order valence-electron chi connectivity index (χ0n) is 15.6. The van der Waals surface area contributed by atoms with E-state index in [4.69, 9.17) is 32.8 Å². The highest BCUT2D eigenvalue weighted by Crippen LogP contribution is 2.24. The Bertz CT molecular complexity index is 796. The fourth-order valence-corrected chi connectivity index (χ4v) is 3.31. The molecular weight excluding hydrogens is 383 g/mol. The summed E-state index contributed by atoms with van der Waals surface area (Å²) >= 11 is 12.0. The number of rotatable bonds is 7. The second-order valence-corrected chi connectivity index (χ2v) is 7.73. The van der Waals surface area contributed by atoms with Crippen LogP contribution in [0.5, 0.6) is 5.75 Å². The second kappa shape index (κ2) is 9.45. The van der Waals surface area contributed by atoms with Gasteiger partial charge in [0.15, 0.2) is 0 Å². The van der Waals surface area contributed by atoms with Crippen LogP contribution in [-0.2, 0) is 11.4 Å². The Morgan fingerprint density at radius 2 is 2.00 bits per heavy atom. The predicted octanol–water partition coefficient (Wildman–Crippen LogP) is 5.41. The molecule has 0 aromatic heterocycles. The highest BCUT2D eigenvalue weighted by atomic mass is 35.5. The number of para-hydroxylation sites is 1. The number of halogens is 2. The molecule has 1 saturated heterocycles. The van der Waals surface area contributed by atoms with Gasteiger partial charge in [0.25, 0.3) is 0 Å². The standard InChI is InChI=1S/C21H24Cl2N2O2/c1-15(2)25-10-9-18(13-25)27-24-12-17-5-3-4-6-21(17)26-14-16-7-8-19(22)20(23)11-16/h3-8,11-12,15,18H,9-10,13-14H2,1-2H3. The van der Waals surface area contributed by atoms with Crippen LogP contribution in [0.2, 0.25) is 10.0 Å². The normalized spacial score (nSPS) is 17.7. The molecule has 1 aliphatic heterocycles. The average Bonchev–Trinajstić information content (AvgIpc) is 3.13. The van der Waals surface area contributed by atoms with E-state index in [1.54, 1.807) is 12.3 Å². The van der Waals surface area contributed by atoms with Crippen LogP contribution in [0.4, 0.5) is 0 Å². The van der Waals surface area contributed by atoms with Gasteiger partial charge in [-0.15, -0.1) is 0 Å². The number of likely N-dealkylation sites (tertiary alicyclic amines) is 1. The maximum absolute atomic E-state index is 6.06. The Balaban J connectivity index is 1.58. The molecule has 0 bridgehead atoms. The molecule has 0 spiro atoms. The minimum absolute atomic E-state index is 0.146. The molecule has 1 fully saturated rings. The highest BCUT2D eigenvalue weighted by molar-refractivity contribution is 6.42. The Kier molecular flexibility index (Phi) is 7.00. The van der Waals surface area contributed by atoms with E-state index in [-0.39, 0.29) is 6.10 Å². The lowest BCUT2D eigenvalue weighted by molar-refractivity contribution is 0.0634. The number of ether oxygens (including phenoxy) is 1. The van der Waals surface area contributed by atoms with Crippen molar-refractivity contribution in [3.8, 4) is 5.75 Å². The average molecular weight is 407 g/mol. The van der Waals surface area contributed by atoms with Crippen molar-refractivity contribution in [1.29, 1.82) is 0 Å². The summed E-state index contributed by atoms with van der Waals surface area (Å²) in [6, 6.07) is 13.8. The number of hydrogen-bond acceptors (Lipinski definition) is 4. The summed E-state index contributed by atoms with van der Waals surface area (Å²) in [6.07, 6.45) is 2.86. The summed E-state index contributed by atoms with van der Waals surface area (Å²) in [5.41, 5.74) is 1.82. The lowest BCUT2D eigenvalue weighted by Gasteiger charge is -2.19. The molecule has 1 aliphatic rings. The molecular formula is C21H24Cl2N2O2. The van der Waals surface area contributed by atoms with Crippen LogP contribution < -0.4 is 4.74 Å². The van der Waals surface area contributed by atoms with Crippen molar-refractivity contribution in [3.05, 3.63) is 63.6 Å². The second-order valence-electron chi connectivity index (χ2n) is 6.91. The monoisotopic (exact) mass is 406 g/mol. The van der Waals surface area contributed by atoms with Crippen molar-refractivity contribution < 1.29 is 9.57 Å². The lowest BCUT2D eigenvalue weighted by Crippen LogP contribution is -2.29. The molecule has 1 atom stereocenters. The van der Waals surface area contributed by atoms with Gasteiger partial charge in [-0.25, -0.2) is 0 Å². The van der Waals surface area contributed by atoms with E-state index in [0.717, 1.165) is 36.4 Å². The zero-order chi connectivity index (χ0) is 19.2. The minimum Gasteiger partial charge on any atom is -0.488 e. The number of benzene rings is 2. The number of hydrogen-bond donors (Lipinski definition) is 0. The molecule has 27 heavy (non-hydrogen) atoms. The van der Waals surface area contributed by atoms with Gasteiger partial charge in [0.05, 0.1) is 16.3 Å². The first-order chi connectivity index (χ1) is 13.0. The molecule has 3 rings (SSSR count). The topological polar surface area (TPSA) is 34.1 Å². The molecule has 4 nitrogen and oxygen atoms in total. The van der Waals surface area contributed by atoms with Gasteiger partial charge in [-0.1, -0.05) is 46.6 Å². The maximum atomic E-state index is 6.06. The van der Waals surface area contributed by atoms with E-state index in [9.17, 15) is 0 Å². The molecule has 0 amide bonds. The molecule has 2 aromatic carbocycles. The summed E-state index contributed by atoms with van der Waals surface area (Å²) in [7, 11) is 0. The third-order valence-corrected chi connectivity index (χ3v) is 5.34. The molecule has 1 unspecified atom stereocenters. The summed E-state index contributed by atoms with van der Waals surface area (Å²) < 4.78 is 5.93. The SMILES string of the molecule is CC(C)N1CCC(ON=Cc2ccccc2OCc2ccc(Cl)c(Cl)c2)C1. The van der Waals surface area contributed by atoms with Crippen LogP contribution in [0.3, 0.4) is 0 Å². The van der Waals surface area contributed by atoms with Crippen molar-refractivity contribution in [1.82, 2.24) is 4.90 Å². The Morgan fingerprint density at radius 3 is 2.74 bits per heavy atom. The fraction of sp³-hybridized carbons (Fsp3) is 0.381. The van der Waals surface area contributed by atoms with Crippen LogP contribution in [0.15, 0.2) is 47.6 Å². The first kappa shape index (κ1) is 20.0. The smallest absolute Gasteiger partial charge is 0.141 e. The van der Waals surface area contributed by atoms with Gasteiger partial charge < -0.3 is 9.57 Å². The van der Waals surface area contributed by atoms with Gasteiger partial charge >= 0.3 is 0 Å². The van der Waals surface area contributed by atoms with E-state index in [2.05, 4.69) is 23.9 Å². The fourth-order valence-electron chi connectivity index (χ4n) is 2.99. The van der Waals surface area contributed by atoms with Crippen LogP contribution in [0.1, 0.15) is 31.4 Å². The molecule has 0 saturated carbocycles. The van der Waals surface area contributed by atoms with Gasteiger partial charge in [0, 0.05) is 31.1 Å². The Morgan fingerprint density at radius 1 is 1.19 bits per heavy atom. The summed E-state index contributed by atoms with van der Waals surface area (Å²) in [5, 5.41) is 5.25. The maximum Gasteiger partial charge on any atom is 0.141 e. The predicted molar refractivity (Wildman–Crippen MR) is 111 cm³/mol. The molecule has 1 heterocycles. The van der Waals surface area contributed by atoms with Gasteiger partial charge in [0.1, 0.15) is 18.5 Å². The Labute approximate surface area is 170 Å². The third kappa shape index (κ3) is 5.61. The van der Waals surface area contributed by atoms with Crippen molar-refractivity contribution >= 4 is 29.4 Å². The van der Waals surface area contributed by atoms with Crippen LogP contribution in [-0.4, -0.2) is 36.3 Å². The van der Waals surface area contributed by atoms with Crippen molar-refractivity contribution in [2.24, 2.45) is 5.16 Å². The molecule has 144 valence electrons. The summed E-state index contributed by atoms with van der Waals surface area (Å²) in [6.45, 7) is 6.78. The first-order valence-electron chi connectivity index (χ1n) is 9.12. The largest absolute Gasteiger partial charge is 0.488 e. The molecule has 0 N–H and O–H groups in total. The lowest BCUT2D eigenvalue weighted by atomic mass is 10.2. The molecule has 6 heteroatoms.